The zero-order valence-corrected chi connectivity index (χ0v) is 13.8. The second-order valence-electron chi connectivity index (χ2n) is 5.10. The van der Waals surface area contributed by atoms with Crippen molar-refractivity contribution in [1.82, 2.24) is 19.5 Å². The fourth-order valence-corrected chi connectivity index (χ4v) is 3.93. The number of thiophene rings is 1. The van der Waals surface area contributed by atoms with Gasteiger partial charge in [-0.1, -0.05) is 11.3 Å². The largest absolute Gasteiger partial charge is 0.295 e. The van der Waals surface area contributed by atoms with Crippen molar-refractivity contribution in [1.29, 1.82) is 0 Å². The van der Waals surface area contributed by atoms with Crippen molar-refractivity contribution in [2.24, 2.45) is 0 Å². The van der Waals surface area contributed by atoms with Gasteiger partial charge in [0.15, 0.2) is 0 Å². The molecule has 5 nitrogen and oxygen atoms in total. The second-order valence-corrected chi connectivity index (χ2v) is 7.26. The van der Waals surface area contributed by atoms with Gasteiger partial charge < -0.3 is 0 Å². The van der Waals surface area contributed by atoms with E-state index in [1.165, 1.54) is 26.3 Å². The van der Waals surface area contributed by atoms with E-state index >= 15 is 0 Å². The van der Waals surface area contributed by atoms with E-state index in [0.29, 0.717) is 11.5 Å². The van der Waals surface area contributed by atoms with Gasteiger partial charge in [-0.2, -0.15) is 9.61 Å². The molecule has 0 atom stereocenters. The van der Waals surface area contributed by atoms with Crippen LogP contribution < -0.4 is 5.56 Å². The Labute approximate surface area is 130 Å². The molecule has 0 radical (unpaired) electrons. The van der Waals surface area contributed by atoms with E-state index in [1.807, 2.05) is 14.0 Å². The molecule has 0 aliphatic rings. The highest BCUT2D eigenvalue weighted by atomic mass is 32.1. The Bertz CT molecular complexity index is 833. The standard InChI is InChI=1S/C14H16N4OS2/c1-9-4-5-20-12(9)8-17(3)7-11-6-13(19)18-14(15-11)21-10(2)16-18/h4-6H,7-8H2,1-3H3. The number of fused-ring (bicyclic) bond motifs is 1. The van der Waals surface area contributed by atoms with Gasteiger partial charge >= 0.3 is 0 Å². The summed E-state index contributed by atoms with van der Waals surface area (Å²) in [5.41, 5.74) is 1.99. The third kappa shape index (κ3) is 3.04. The van der Waals surface area contributed by atoms with Crippen molar-refractivity contribution >= 4 is 27.6 Å². The Morgan fingerprint density at radius 3 is 2.86 bits per heavy atom. The molecule has 0 unspecified atom stereocenters. The molecule has 0 saturated carbocycles. The number of rotatable bonds is 4. The summed E-state index contributed by atoms with van der Waals surface area (Å²) in [5, 5.41) is 7.11. The molecule has 0 aliphatic carbocycles. The Hall–Kier alpha value is -1.57. The average Bonchev–Trinajstić information content (AvgIpc) is 2.96. The molecule has 110 valence electrons. The van der Waals surface area contributed by atoms with Crippen LogP contribution in [0.4, 0.5) is 0 Å². The van der Waals surface area contributed by atoms with Crippen LogP contribution in [0, 0.1) is 13.8 Å². The minimum atomic E-state index is -0.111. The molecular formula is C14H16N4OS2. The summed E-state index contributed by atoms with van der Waals surface area (Å²) in [7, 11) is 2.04. The van der Waals surface area contributed by atoms with Crippen molar-refractivity contribution in [3.8, 4) is 0 Å². The molecule has 0 N–H and O–H groups in total. The first-order chi connectivity index (χ1) is 10.0. The Balaban J connectivity index is 1.81. The van der Waals surface area contributed by atoms with Crippen molar-refractivity contribution in [2.75, 3.05) is 7.05 Å². The summed E-state index contributed by atoms with van der Waals surface area (Å²) in [6.45, 7) is 5.52. The summed E-state index contributed by atoms with van der Waals surface area (Å²) in [5.74, 6) is 0. The van der Waals surface area contributed by atoms with E-state index in [-0.39, 0.29) is 5.56 Å². The van der Waals surface area contributed by atoms with E-state index in [4.69, 9.17) is 0 Å². The van der Waals surface area contributed by atoms with Crippen LogP contribution in [0.25, 0.3) is 4.96 Å². The highest BCUT2D eigenvalue weighted by molar-refractivity contribution is 7.16. The molecule has 3 rings (SSSR count). The Morgan fingerprint density at radius 2 is 2.14 bits per heavy atom. The number of nitrogens with zero attached hydrogens (tertiary/aromatic N) is 4. The third-order valence-corrected chi connectivity index (χ3v) is 5.04. The third-order valence-electron chi connectivity index (χ3n) is 3.21. The van der Waals surface area contributed by atoms with Gasteiger partial charge in [0.25, 0.3) is 5.56 Å². The predicted octanol–water partition coefficient (Wildman–Crippen LogP) is 2.46. The molecule has 0 amide bonds. The van der Waals surface area contributed by atoms with Crippen LogP contribution in [0.15, 0.2) is 22.3 Å². The zero-order valence-electron chi connectivity index (χ0n) is 12.2. The minimum Gasteiger partial charge on any atom is -0.295 e. The Kier molecular flexibility index (Phi) is 3.88. The van der Waals surface area contributed by atoms with Crippen LogP contribution in [-0.2, 0) is 13.1 Å². The molecule has 0 spiro atoms. The van der Waals surface area contributed by atoms with Crippen LogP contribution in [0.5, 0.6) is 0 Å². The smallest absolute Gasteiger partial charge is 0.275 e. The molecule has 3 heterocycles. The van der Waals surface area contributed by atoms with E-state index < -0.39 is 0 Å². The molecule has 21 heavy (non-hydrogen) atoms. The van der Waals surface area contributed by atoms with Crippen LogP contribution in [0.2, 0.25) is 0 Å². The monoisotopic (exact) mass is 320 g/mol. The van der Waals surface area contributed by atoms with Crippen LogP contribution in [0.3, 0.4) is 0 Å². The Morgan fingerprint density at radius 1 is 1.33 bits per heavy atom. The maximum Gasteiger partial charge on any atom is 0.275 e. The van der Waals surface area contributed by atoms with Crippen molar-refractivity contribution in [3.05, 3.63) is 49.0 Å². The molecule has 3 aromatic rings. The van der Waals surface area contributed by atoms with E-state index in [2.05, 4.69) is 33.4 Å². The zero-order chi connectivity index (χ0) is 15.0. The lowest BCUT2D eigenvalue weighted by atomic mass is 10.3. The molecule has 7 heteroatoms. The van der Waals surface area contributed by atoms with Crippen molar-refractivity contribution in [3.63, 3.8) is 0 Å². The lowest BCUT2D eigenvalue weighted by molar-refractivity contribution is 0.317. The summed E-state index contributed by atoms with van der Waals surface area (Å²) in [4.78, 5) is 20.7. The number of aryl methyl sites for hydroxylation is 2. The predicted molar refractivity (Wildman–Crippen MR) is 86.1 cm³/mol. The lowest BCUT2D eigenvalue weighted by Crippen LogP contribution is -2.21. The molecule has 0 fully saturated rings. The van der Waals surface area contributed by atoms with Crippen LogP contribution in [-0.4, -0.2) is 26.5 Å². The molecule has 0 bridgehead atoms. The minimum absolute atomic E-state index is 0.111. The summed E-state index contributed by atoms with van der Waals surface area (Å²) in [6.07, 6.45) is 0. The molecular weight excluding hydrogens is 304 g/mol. The first-order valence-corrected chi connectivity index (χ1v) is 8.30. The highest BCUT2D eigenvalue weighted by Crippen LogP contribution is 2.18. The molecule has 3 aromatic heterocycles. The fourth-order valence-electron chi connectivity index (χ4n) is 2.18. The maximum atomic E-state index is 12.0. The first-order valence-electron chi connectivity index (χ1n) is 6.61. The van der Waals surface area contributed by atoms with Crippen LogP contribution >= 0.6 is 22.7 Å². The first kappa shape index (κ1) is 14.4. The van der Waals surface area contributed by atoms with Crippen molar-refractivity contribution < 1.29 is 0 Å². The van der Waals surface area contributed by atoms with Crippen molar-refractivity contribution in [2.45, 2.75) is 26.9 Å². The topological polar surface area (TPSA) is 50.5 Å². The quantitative estimate of drug-likeness (QED) is 0.741. The second kappa shape index (κ2) is 5.67. The normalized spacial score (nSPS) is 11.6. The maximum absolute atomic E-state index is 12.0. The summed E-state index contributed by atoms with van der Waals surface area (Å²) in [6, 6.07) is 3.70. The van der Waals surface area contributed by atoms with Crippen LogP contribution in [0.1, 0.15) is 21.1 Å². The SMILES string of the molecule is Cc1nn2c(=O)cc(CN(C)Cc3sccc3C)nc2s1. The molecule has 0 aliphatic heterocycles. The molecule has 0 aromatic carbocycles. The number of aromatic nitrogens is 3. The molecule has 0 saturated heterocycles. The van der Waals surface area contributed by atoms with Gasteiger partial charge in [0.1, 0.15) is 5.01 Å². The van der Waals surface area contributed by atoms with E-state index in [9.17, 15) is 4.79 Å². The van der Waals surface area contributed by atoms with E-state index in [0.717, 1.165) is 17.2 Å². The average molecular weight is 320 g/mol. The van der Waals surface area contributed by atoms with Gasteiger partial charge in [0.05, 0.1) is 5.69 Å². The highest BCUT2D eigenvalue weighted by Gasteiger charge is 2.10. The van der Waals surface area contributed by atoms with Gasteiger partial charge in [0, 0.05) is 24.0 Å². The number of hydrogen-bond donors (Lipinski definition) is 0. The van der Waals surface area contributed by atoms with Gasteiger partial charge in [-0.05, 0) is 37.9 Å². The summed E-state index contributed by atoms with van der Waals surface area (Å²) >= 11 is 3.20. The number of hydrogen-bond acceptors (Lipinski definition) is 6. The van der Waals surface area contributed by atoms with Gasteiger partial charge in [-0.25, -0.2) is 4.98 Å². The van der Waals surface area contributed by atoms with E-state index in [1.54, 1.807) is 17.4 Å². The van der Waals surface area contributed by atoms with Gasteiger partial charge in [-0.3, -0.25) is 9.69 Å². The lowest BCUT2D eigenvalue weighted by Gasteiger charge is -2.15. The summed E-state index contributed by atoms with van der Waals surface area (Å²) < 4.78 is 1.37. The van der Waals surface area contributed by atoms with Gasteiger partial charge in [0.2, 0.25) is 4.96 Å². The van der Waals surface area contributed by atoms with Gasteiger partial charge in [-0.15, -0.1) is 11.3 Å². The fraction of sp³-hybridized carbons (Fsp3) is 0.357.